The van der Waals surface area contributed by atoms with Crippen LogP contribution in [-0.4, -0.2) is 19.8 Å². The average Bonchev–Trinajstić information content (AvgIpc) is 2.23. The minimum absolute atomic E-state index is 0. The van der Waals surface area contributed by atoms with Gasteiger partial charge in [-0.2, -0.15) is 0 Å². The Labute approximate surface area is 150 Å². The summed E-state index contributed by atoms with van der Waals surface area (Å²) in [4.78, 5) is 0. The van der Waals surface area contributed by atoms with Gasteiger partial charge in [-0.3, -0.25) is 0 Å². The van der Waals surface area contributed by atoms with Crippen LogP contribution in [-0.2, 0) is 0 Å². The molecule has 6 heteroatoms. The van der Waals surface area contributed by atoms with E-state index in [4.69, 9.17) is 0 Å². The van der Waals surface area contributed by atoms with Crippen LogP contribution in [0.3, 0.4) is 0 Å². The van der Waals surface area contributed by atoms with Crippen molar-refractivity contribution in [3.05, 3.63) is 0 Å². The molecule has 0 radical (unpaired) electrons. The molecule has 0 N–H and O–H groups in total. The summed E-state index contributed by atoms with van der Waals surface area (Å²) in [6.07, 6.45) is 5.59. The van der Waals surface area contributed by atoms with Crippen molar-refractivity contribution in [2.45, 2.75) is 59.3 Å². The Kier molecular flexibility index (Phi) is 104. The molecule has 0 saturated heterocycles. The predicted molar refractivity (Wildman–Crippen MR) is 59.3 cm³/mol. The topological polar surface area (TPSA) is 69.2 Å². The van der Waals surface area contributed by atoms with Gasteiger partial charge in [-0.1, -0.05) is 59.3 Å². The van der Waals surface area contributed by atoms with Crippen LogP contribution < -0.4 is 71.9 Å². The van der Waals surface area contributed by atoms with E-state index >= 15 is 0 Å². The van der Waals surface area contributed by atoms with Crippen molar-refractivity contribution >= 4 is 0 Å². The molecule has 3 nitrogen and oxygen atoms in total. The van der Waals surface area contributed by atoms with Crippen LogP contribution in [0, 0.1) is 0 Å². The Hall–Kier alpha value is 1.67. The Balaban J connectivity index is -0.0000000277. The van der Waals surface area contributed by atoms with Crippen molar-refractivity contribution in [1.82, 2.24) is 0 Å². The summed E-state index contributed by atoms with van der Waals surface area (Å²) in [7, 11) is 0. The second-order valence-corrected chi connectivity index (χ2v) is 3.17. The molecule has 0 spiro atoms. The molecule has 0 rings (SSSR count). The smallest absolute Gasteiger partial charge is 0.854 e. The Morgan fingerprint density at radius 2 is 0.667 bits per heavy atom. The van der Waals surface area contributed by atoms with Gasteiger partial charge in [0.25, 0.3) is 0 Å². The van der Waals surface area contributed by atoms with Gasteiger partial charge in [0.15, 0.2) is 0 Å². The largest absolute Gasteiger partial charge is 1.00 e. The third-order valence-corrected chi connectivity index (χ3v) is 1.49. The fourth-order valence-corrected chi connectivity index (χ4v) is 0.433. The standard InChI is InChI=1S/3C4H9O.3Li/c3*1-2-3-4-5;;;/h3*2-4H2,1H3;;;/q3*-1;3*+1. The van der Waals surface area contributed by atoms with Gasteiger partial charge < -0.3 is 15.3 Å². The zero-order valence-electron chi connectivity index (χ0n) is 13.6. The Bertz CT molecular complexity index is 59.3. The van der Waals surface area contributed by atoms with Gasteiger partial charge in [0.05, 0.1) is 0 Å². The molecule has 18 heavy (non-hydrogen) atoms. The first-order valence-corrected chi connectivity index (χ1v) is 5.99. The minimum atomic E-state index is 0. The van der Waals surface area contributed by atoms with Crippen molar-refractivity contribution in [3.8, 4) is 0 Å². The molecule has 0 aromatic rings. The second kappa shape index (κ2) is 51.2. The molecule has 0 saturated carbocycles. The van der Waals surface area contributed by atoms with E-state index < -0.39 is 0 Å². The monoisotopic (exact) mass is 240 g/mol. The molecule has 0 aliphatic carbocycles. The third-order valence-electron chi connectivity index (χ3n) is 1.49. The number of unbranched alkanes of at least 4 members (excludes halogenated alkanes) is 3. The SMILES string of the molecule is CCCC[O-].CCCC[O-].CCCC[O-].[Li+].[Li+].[Li+]. The van der Waals surface area contributed by atoms with E-state index in [0.29, 0.717) is 0 Å². The van der Waals surface area contributed by atoms with Gasteiger partial charge in [0.1, 0.15) is 0 Å². The average molecular weight is 240 g/mol. The molecule has 0 fully saturated rings. The summed E-state index contributed by atoms with van der Waals surface area (Å²) < 4.78 is 0. The molecule has 0 aromatic heterocycles. The fraction of sp³-hybridized carbons (Fsp3) is 1.00. The molecule has 0 atom stereocenters. The zero-order valence-corrected chi connectivity index (χ0v) is 13.6. The first-order chi connectivity index (χ1) is 7.24. The quantitative estimate of drug-likeness (QED) is 0.433. The van der Waals surface area contributed by atoms with Crippen LogP contribution in [0.1, 0.15) is 59.3 Å². The fourth-order valence-electron chi connectivity index (χ4n) is 0.433. The predicted octanol–water partition coefficient (Wildman–Crippen LogP) is -8.55. The molecular formula is C12H27Li3O3. The molecule has 96 valence electrons. The molecule has 0 unspecified atom stereocenters. The summed E-state index contributed by atoms with van der Waals surface area (Å²) >= 11 is 0. The first kappa shape index (κ1) is 36.7. The molecular weight excluding hydrogens is 213 g/mol. The van der Waals surface area contributed by atoms with E-state index in [1.807, 2.05) is 20.8 Å². The Morgan fingerprint density at radius 3 is 0.667 bits per heavy atom. The first-order valence-electron chi connectivity index (χ1n) is 5.99. The van der Waals surface area contributed by atoms with Gasteiger partial charge in [0, 0.05) is 0 Å². The molecule has 0 aliphatic rings. The van der Waals surface area contributed by atoms with Crippen LogP contribution in [0.25, 0.3) is 0 Å². The maximum atomic E-state index is 9.53. The summed E-state index contributed by atoms with van der Waals surface area (Å²) in [5.74, 6) is 0. The van der Waals surface area contributed by atoms with Gasteiger partial charge >= 0.3 is 56.6 Å². The third kappa shape index (κ3) is 83.5. The van der Waals surface area contributed by atoms with Crippen LogP contribution in [0.4, 0.5) is 0 Å². The maximum absolute atomic E-state index is 9.53. The van der Waals surface area contributed by atoms with E-state index in [2.05, 4.69) is 0 Å². The molecule has 0 heterocycles. The molecule has 0 aliphatic heterocycles. The van der Waals surface area contributed by atoms with Crippen LogP contribution in [0.15, 0.2) is 0 Å². The van der Waals surface area contributed by atoms with Gasteiger partial charge in [-0.25, -0.2) is 0 Å². The zero-order chi connectivity index (χ0) is 12.4. The van der Waals surface area contributed by atoms with Crippen LogP contribution in [0.2, 0.25) is 0 Å². The van der Waals surface area contributed by atoms with Gasteiger partial charge in [0.2, 0.25) is 0 Å². The Morgan fingerprint density at radius 1 is 0.500 bits per heavy atom. The minimum Gasteiger partial charge on any atom is -0.854 e. The van der Waals surface area contributed by atoms with E-state index in [1.165, 1.54) is 0 Å². The maximum Gasteiger partial charge on any atom is 1.00 e. The summed E-state index contributed by atoms with van der Waals surface area (Å²) in [6, 6.07) is 0. The van der Waals surface area contributed by atoms with Gasteiger partial charge in [-0.05, 0) is 0 Å². The molecule has 0 amide bonds. The van der Waals surface area contributed by atoms with E-state index in [9.17, 15) is 15.3 Å². The second-order valence-electron chi connectivity index (χ2n) is 3.17. The van der Waals surface area contributed by atoms with Crippen LogP contribution in [0.5, 0.6) is 0 Å². The molecule has 0 bridgehead atoms. The van der Waals surface area contributed by atoms with Crippen molar-refractivity contribution < 1.29 is 71.9 Å². The van der Waals surface area contributed by atoms with Crippen molar-refractivity contribution in [2.24, 2.45) is 0 Å². The number of rotatable bonds is 6. The van der Waals surface area contributed by atoms with Gasteiger partial charge in [-0.15, -0.1) is 19.8 Å². The summed E-state index contributed by atoms with van der Waals surface area (Å²) in [5, 5.41) is 28.6. The van der Waals surface area contributed by atoms with Crippen molar-refractivity contribution in [1.29, 1.82) is 0 Å². The van der Waals surface area contributed by atoms with E-state index in [0.717, 1.165) is 38.5 Å². The van der Waals surface area contributed by atoms with Crippen molar-refractivity contribution in [2.75, 3.05) is 19.8 Å². The van der Waals surface area contributed by atoms with E-state index in [1.54, 1.807) is 0 Å². The summed E-state index contributed by atoms with van der Waals surface area (Å²) in [6.45, 7) is 6.32. The number of hydrogen-bond acceptors (Lipinski definition) is 3. The summed E-state index contributed by atoms with van der Waals surface area (Å²) in [5.41, 5.74) is 0. The van der Waals surface area contributed by atoms with Crippen molar-refractivity contribution in [3.63, 3.8) is 0 Å². The van der Waals surface area contributed by atoms with Crippen LogP contribution >= 0.6 is 0 Å². The normalized spacial score (nSPS) is 7.00. The van der Waals surface area contributed by atoms with E-state index in [-0.39, 0.29) is 76.4 Å². The number of hydrogen-bond donors (Lipinski definition) is 0. The molecule has 0 aromatic carbocycles.